The molecule has 0 saturated heterocycles. The molecule has 2 N–H and O–H groups in total. The fraction of sp³-hybridized carbons (Fsp3) is 0.364. The lowest BCUT2D eigenvalue weighted by molar-refractivity contribution is 0.748. The van der Waals surface area contributed by atoms with E-state index < -0.39 is 0 Å². The molecular formula is C11H16N4. The molecule has 0 aromatic carbocycles. The lowest BCUT2D eigenvalue weighted by Gasteiger charge is -2.08. The lowest BCUT2D eigenvalue weighted by atomic mass is 10.3. The standard InChI is InChI=1S/C11H16N4/c1-8-4-5-9(2)15(8)7-10-6-13-14(3)11(10)12/h4-6H,7,12H2,1-3H3. The van der Waals surface area contributed by atoms with Crippen molar-refractivity contribution < 1.29 is 0 Å². The van der Waals surface area contributed by atoms with Gasteiger partial charge in [0, 0.05) is 24.0 Å². The fourth-order valence-corrected chi connectivity index (χ4v) is 1.73. The molecule has 2 aromatic rings. The molecular weight excluding hydrogens is 188 g/mol. The molecule has 0 saturated carbocycles. The molecule has 0 aliphatic heterocycles. The minimum absolute atomic E-state index is 0.738. The van der Waals surface area contributed by atoms with Crippen molar-refractivity contribution in [2.24, 2.45) is 7.05 Å². The van der Waals surface area contributed by atoms with Gasteiger partial charge >= 0.3 is 0 Å². The maximum Gasteiger partial charge on any atom is 0.126 e. The van der Waals surface area contributed by atoms with E-state index in [0.29, 0.717) is 0 Å². The summed E-state index contributed by atoms with van der Waals surface area (Å²) >= 11 is 0. The van der Waals surface area contributed by atoms with E-state index in [4.69, 9.17) is 5.73 Å². The van der Waals surface area contributed by atoms with Gasteiger partial charge < -0.3 is 10.3 Å². The number of aromatic nitrogens is 3. The zero-order valence-electron chi connectivity index (χ0n) is 9.36. The van der Waals surface area contributed by atoms with E-state index in [1.807, 2.05) is 13.2 Å². The molecule has 80 valence electrons. The molecule has 2 heterocycles. The Morgan fingerprint density at radius 2 is 1.87 bits per heavy atom. The van der Waals surface area contributed by atoms with Crippen molar-refractivity contribution in [2.75, 3.05) is 5.73 Å². The molecule has 4 heteroatoms. The van der Waals surface area contributed by atoms with Crippen LogP contribution in [0.5, 0.6) is 0 Å². The van der Waals surface area contributed by atoms with Crippen molar-refractivity contribution in [3.8, 4) is 0 Å². The van der Waals surface area contributed by atoms with E-state index in [2.05, 4.69) is 35.6 Å². The zero-order chi connectivity index (χ0) is 11.0. The van der Waals surface area contributed by atoms with E-state index in [0.717, 1.165) is 17.9 Å². The molecule has 0 aliphatic rings. The van der Waals surface area contributed by atoms with Crippen LogP contribution in [0.4, 0.5) is 5.82 Å². The summed E-state index contributed by atoms with van der Waals surface area (Å²) in [7, 11) is 1.86. The number of aryl methyl sites for hydroxylation is 3. The van der Waals surface area contributed by atoms with Crippen LogP contribution in [0.3, 0.4) is 0 Å². The summed E-state index contributed by atoms with van der Waals surface area (Å²) in [6.07, 6.45) is 1.83. The predicted octanol–water partition coefficient (Wildman–Crippen LogP) is 1.47. The number of nitrogens with two attached hydrogens (primary N) is 1. The first kappa shape index (κ1) is 9.83. The Kier molecular flexibility index (Phi) is 2.26. The second-order valence-electron chi connectivity index (χ2n) is 3.88. The van der Waals surface area contributed by atoms with E-state index in [-0.39, 0.29) is 0 Å². The summed E-state index contributed by atoms with van der Waals surface area (Å²) in [4.78, 5) is 0. The highest BCUT2D eigenvalue weighted by Gasteiger charge is 2.07. The van der Waals surface area contributed by atoms with Gasteiger partial charge in [-0.25, -0.2) is 0 Å². The zero-order valence-corrected chi connectivity index (χ0v) is 9.36. The molecule has 0 aliphatic carbocycles. The molecule has 0 radical (unpaired) electrons. The first-order valence-electron chi connectivity index (χ1n) is 4.98. The second kappa shape index (κ2) is 3.46. The van der Waals surface area contributed by atoms with Crippen molar-refractivity contribution in [3.05, 3.63) is 35.3 Å². The third kappa shape index (κ3) is 1.63. The molecule has 0 bridgehead atoms. The Labute approximate surface area is 89.3 Å². The van der Waals surface area contributed by atoms with Gasteiger partial charge in [0.15, 0.2) is 0 Å². The molecule has 0 fully saturated rings. The van der Waals surface area contributed by atoms with Gasteiger partial charge in [-0.2, -0.15) is 5.10 Å². The van der Waals surface area contributed by atoms with Crippen LogP contribution in [-0.4, -0.2) is 14.3 Å². The van der Waals surface area contributed by atoms with E-state index in [1.54, 1.807) is 4.68 Å². The molecule has 0 atom stereocenters. The van der Waals surface area contributed by atoms with Gasteiger partial charge in [-0.3, -0.25) is 4.68 Å². The molecule has 15 heavy (non-hydrogen) atoms. The smallest absolute Gasteiger partial charge is 0.126 e. The quantitative estimate of drug-likeness (QED) is 0.805. The van der Waals surface area contributed by atoms with Crippen LogP contribution < -0.4 is 5.73 Å². The summed E-state index contributed by atoms with van der Waals surface area (Å²) < 4.78 is 3.93. The molecule has 2 rings (SSSR count). The number of hydrogen-bond donors (Lipinski definition) is 1. The van der Waals surface area contributed by atoms with Crippen molar-refractivity contribution in [2.45, 2.75) is 20.4 Å². The van der Waals surface area contributed by atoms with Crippen molar-refractivity contribution in [1.82, 2.24) is 14.3 Å². The number of anilines is 1. The number of hydrogen-bond acceptors (Lipinski definition) is 2. The van der Waals surface area contributed by atoms with Crippen LogP contribution in [-0.2, 0) is 13.6 Å². The van der Waals surface area contributed by atoms with Gasteiger partial charge in [-0.15, -0.1) is 0 Å². The highest BCUT2D eigenvalue weighted by Crippen LogP contribution is 2.15. The minimum Gasteiger partial charge on any atom is -0.384 e. The third-order valence-electron chi connectivity index (χ3n) is 2.81. The van der Waals surface area contributed by atoms with E-state index >= 15 is 0 Å². The van der Waals surface area contributed by atoms with Crippen LogP contribution in [0.25, 0.3) is 0 Å². The van der Waals surface area contributed by atoms with Crippen LogP contribution in [0.15, 0.2) is 18.3 Å². The highest BCUT2D eigenvalue weighted by molar-refractivity contribution is 5.39. The number of rotatable bonds is 2. The Hall–Kier alpha value is -1.71. The van der Waals surface area contributed by atoms with Gasteiger partial charge in [0.1, 0.15) is 5.82 Å². The maximum atomic E-state index is 5.91. The minimum atomic E-state index is 0.738. The lowest BCUT2D eigenvalue weighted by Crippen LogP contribution is -2.06. The summed E-state index contributed by atoms with van der Waals surface area (Å²) in [5.74, 6) is 0.738. The largest absolute Gasteiger partial charge is 0.384 e. The molecule has 0 unspecified atom stereocenters. The average molecular weight is 204 g/mol. The van der Waals surface area contributed by atoms with E-state index in [9.17, 15) is 0 Å². The van der Waals surface area contributed by atoms with Crippen LogP contribution in [0, 0.1) is 13.8 Å². The van der Waals surface area contributed by atoms with Crippen LogP contribution in [0.1, 0.15) is 17.0 Å². The van der Waals surface area contributed by atoms with Crippen molar-refractivity contribution >= 4 is 5.82 Å². The van der Waals surface area contributed by atoms with Gasteiger partial charge in [0.2, 0.25) is 0 Å². The van der Waals surface area contributed by atoms with Gasteiger partial charge in [-0.05, 0) is 26.0 Å². The fourth-order valence-electron chi connectivity index (χ4n) is 1.73. The molecule has 2 aromatic heterocycles. The summed E-state index contributed by atoms with van der Waals surface area (Å²) in [5.41, 5.74) is 9.47. The second-order valence-corrected chi connectivity index (χ2v) is 3.88. The van der Waals surface area contributed by atoms with Crippen LogP contribution >= 0.6 is 0 Å². The SMILES string of the molecule is Cc1ccc(C)n1Cc1cnn(C)c1N. The number of nitrogens with zero attached hydrogens (tertiary/aromatic N) is 3. The molecule has 0 amide bonds. The van der Waals surface area contributed by atoms with E-state index in [1.165, 1.54) is 11.4 Å². The summed E-state index contributed by atoms with van der Waals surface area (Å²) in [5, 5.41) is 4.13. The first-order chi connectivity index (χ1) is 7.09. The van der Waals surface area contributed by atoms with Gasteiger partial charge in [-0.1, -0.05) is 0 Å². The highest BCUT2D eigenvalue weighted by atomic mass is 15.3. The van der Waals surface area contributed by atoms with Crippen molar-refractivity contribution in [3.63, 3.8) is 0 Å². The Bertz CT molecular complexity index is 459. The first-order valence-corrected chi connectivity index (χ1v) is 4.98. The third-order valence-corrected chi connectivity index (χ3v) is 2.81. The van der Waals surface area contributed by atoms with Gasteiger partial charge in [0.05, 0.1) is 12.7 Å². The number of nitrogen functional groups attached to an aromatic ring is 1. The summed E-state index contributed by atoms with van der Waals surface area (Å²) in [6.45, 7) is 4.99. The average Bonchev–Trinajstić information content (AvgIpc) is 2.68. The normalized spacial score (nSPS) is 10.9. The molecule has 0 spiro atoms. The van der Waals surface area contributed by atoms with Gasteiger partial charge in [0.25, 0.3) is 0 Å². The maximum absolute atomic E-state index is 5.91. The van der Waals surface area contributed by atoms with Crippen molar-refractivity contribution in [1.29, 1.82) is 0 Å². The Morgan fingerprint density at radius 3 is 2.33 bits per heavy atom. The predicted molar refractivity (Wildman–Crippen MR) is 60.6 cm³/mol. The topological polar surface area (TPSA) is 48.8 Å². The van der Waals surface area contributed by atoms with Crippen LogP contribution in [0.2, 0.25) is 0 Å². The summed E-state index contributed by atoms with van der Waals surface area (Å²) in [6, 6.07) is 4.23. The molecule has 4 nitrogen and oxygen atoms in total. The Balaban J connectivity index is 2.33. The Morgan fingerprint density at radius 1 is 1.27 bits per heavy atom. The monoisotopic (exact) mass is 204 g/mol.